The molecule has 1 aromatic carbocycles. The van der Waals surface area contributed by atoms with Gasteiger partial charge in [0.2, 0.25) is 0 Å². The second-order valence-corrected chi connectivity index (χ2v) is 5.26. The Bertz CT molecular complexity index is 430. The van der Waals surface area contributed by atoms with E-state index in [0.29, 0.717) is 6.61 Å². The van der Waals surface area contributed by atoms with Crippen molar-refractivity contribution >= 4 is 6.09 Å². The predicted octanol–water partition coefficient (Wildman–Crippen LogP) is 3.27. The molecule has 2 atom stereocenters. The molecule has 0 radical (unpaired) electrons. The summed E-state index contributed by atoms with van der Waals surface area (Å²) in [6, 6.07) is 9.91. The topological polar surface area (TPSA) is 38.8 Å². The Balaban J connectivity index is 1.58. The van der Waals surface area contributed by atoms with Crippen LogP contribution < -0.4 is 0 Å². The first kappa shape index (κ1) is 12.5. The van der Waals surface area contributed by atoms with Crippen LogP contribution in [0.4, 0.5) is 4.79 Å². The third-order valence-electron chi connectivity index (χ3n) is 3.86. The largest absolute Gasteiger partial charge is 0.443 e. The van der Waals surface area contributed by atoms with E-state index in [1.54, 1.807) is 0 Å². The molecule has 2 aliphatic heterocycles. The van der Waals surface area contributed by atoms with Crippen LogP contribution in [0.1, 0.15) is 37.7 Å². The Morgan fingerprint density at radius 3 is 2.89 bits per heavy atom. The van der Waals surface area contributed by atoms with Gasteiger partial charge in [-0.1, -0.05) is 30.3 Å². The first-order valence-corrected chi connectivity index (χ1v) is 6.99. The summed E-state index contributed by atoms with van der Waals surface area (Å²) >= 11 is 0. The molecule has 3 fully saturated rings. The number of hydrogen-bond donors (Lipinski definition) is 0. The number of carbonyl (C=O) groups excluding carboxylic acids is 1. The highest BCUT2D eigenvalue weighted by Crippen LogP contribution is 2.31. The fourth-order valence-electron chi connectivity index (χ4n) is 2.81. The second kappa shape index (κ2) is 5.61. The van der Waals surface area contributed by atoms with Crippen LogP contribution in [0.3, 0.4) is 0 Å². The predicted molar refractivity (Wildman–Crippen MR) is 70.2 cm³/mol. The van der Waals surface area contributed by atoms with Crippen molar-refractivity contribution < 1.29 is 14.4 Å². The lowest BCUT2D eigenvalue weighted by atomic mass is 10.1. The average molecular weight is 261 g/mol. The Morgan fingerprint density at radius 1 is 1.21 bits per heavy atom. The minimum atomic E-state index is -0.347. The Morgan fingerprint density at radius 2 is 2.05 bits per heavy atom. The lowest BCUT2D eigenvalue weighted by Crippen LogP contribution is -2.45. The summed E-state index contributed by atoms with van der Waals surface area (Å²) in [5.74, 6) is 0. The number of benzene rings is 1. The standard InChI is InChI=1S/C15H19NO3/c17-15(18-11-12-5-2-1-3-6-12)16-13-7-4-8-14(19-16)10-9-13/h1-3,5-6,13-14H,4,7-11H2/t13-,14+/m0/s1. The van der Waals surface area contributed by atoms with E-state index in [4.69, 9.17) is 9.57 Å². The van der Waals surface area contributed by atoms with E-state index in [1.807, 2.05) is 30.3 Å². The highest BCUT2D eigenvalue weighted by molar-refractivity contribution is 5.66. The minimum absolute atomic E-state index is 0.196. The van der Waals surface area contributed by atoms with Crippen LogP contribution in [0, 0.1) is 0 Å². The van der Waals surface area contributed by atoms with Gasteiger partial charge in [-0.3, -0.25) is 4.84 Å². The second-order valence-electron chi connectivity index (χ2n) is 5.26. The van der Waals surface area contributed by atoms with Gasteiger partial charge >= 0.3 is 6.09 Å². The molecule has 1 amide bonds. The molecule has 2 bridgehead atoms. The van der Waals surface area contributed by atoms with Crippen LogP contribution in [-0.2, 0) is 16.2 Å². The smallest absolute Gasteiger partial charge is 0.434 e. The zero-order valence-corrected chi connectivity index (χ0v) is 11.0. The Labute approximate surface area is 113 Å². The van der Waals surface area contributed by atoms with E-state index in [9.17, 15) is 4.79 Å². The quantitative estimate of drug-likeness (QED) is 0.820. The van der Waals surface area contributed by atoms with Crippen LogP contribution in [0.2, 0.25) is 0 Å². The summed E-state index contributed by atoms with van der Waals surface area (Å²) in [6.07, 6.45) is 5.16. The van der Waals surface area contributed by atoms with E-state index in [2.05, 4.69) is 0 Å². The first-order valence-electron chi connectivity index (χ1n) is 6.99. The van der Waals surface area contributed by atoms with Gasteiger partial charge < -0.3 is 4.74 Å². The number of ether oxygens (including phenoxy) is 1. The molecule has 0 spiro atoms. The molecular weight excluding hydrogens is 242 g/mol. The van der Waals surface area contributed by atoms with Crippen LogP contribution >= 0.6 is 0 Å². The van der Waals surface area contributed by atoms with Crippen molar-refractivity contribution in [1.29, 1.82) is 0 Å². The van der Waals surface area contributed by atoms with Gasteiger partial charge in [0.05, 0.1) is 12.1 Å². The molecule has 1 saturated carbocycles. The number of hydrogen-bond acceptors (Lipinski definition) is 3. The molecule has 2 saturated heterocycles. The summed E-state index contributed by atoms with van der Waals surface area (Å²) in [6.45, 7) is 0.302. The van der Waals surface area contributed by atoms with Crippen molar-refractivity contribution in [2.45, 2.75) is 50.9 Å². The highest BCUT2D eigenvalue weighted by Gasteiger charge is 2.36. The summed E-state index contributed by atoms with van der Waals surface area (Å²) in [4.78, 5) is 17.8. The first-order chi connectivity index (χ1) is 9.33. The van der Waals surface area contributed by atoms with Crippen LogP contribution in [0.15, 0.2) is 30.3 Å². The van der Waals surface area contributed by atoms with Crippen molar-refractivity contribution in [3.63, 3.8) is 0 Å². The van der Waals surface area contributed by atoms with Crippen molar-refractivity contribution in [3.05, 3.63) is 35.9 Å². The molecule has 102 valence electrons. The molecule has 19 heavy (non-hydrogen) atoms. The lowest BCUT2D eigenvalue weighted by Gasteiger charge is -2.34. The van der Waals surface area contributed by atoms with Gasteiger partial charge in [-0.25, -0.2) is 4.79 Å². The van der Waals surface area contributed by atoms with Crippen LogP contribution in [0.25, 0.3) is 0 Å². The fraction of sp³-hybridized carbons (Fsp3) is 0.533. The maximum absolute atomic E-state index is 12.1. The zero-order valence-electron chi connectivity index (χ0n) is 11.0. The van der Waals surface area contributed by atoms with E-state index in [0.717, 1.165) is 37.7 Å². The summed E-state index contributed by atoms with van der Waals surface area (Å²) in [5, 5.41) is 1.48. The molecule has 0 N–H and O–H groups in total. The molecule has 4 nitrogen and oxygen atoms in total. The number of hydroxylamine groups is 2. The molecule has 2 heterocycles. The van der Waals surface area contributed by atoms with Crippen LogP contribution in [-0.4, -0.2) is 23.3 Å². The van der Waals surface area contributed by atoms with Crippen molar-refractivity contribution in [1.82, 2.24) is 5.06 Å². The monoisotopic (exact) mass is 261 g/mol. The number of amides is 1. The van der Waals surface area contributed by atoms with Gasteiger partial charge in [-0.05, 0) is 37.7 Å². The van der Waals surface area contributed by atoms with Gasteiger partial charge in [0.25, 0.3) is 0 Å². The van der Waals surface area contributed by atoms with Gasteiger partial charge in [0.1, 0.15) is 6.61 Å². The molecule has 4 rings (SSSR count). The molecule has 1 aliphatic carbocycles. The van der Waals surface area contributed by atoms with E-state index in [1.165, 1.54) is 5.06 Å². The zero-order chi connectivity index (χ0) is 13.1. The summed E-state index contributed by atoms with van der Waals surface area (Å²) in [7, 11) is 0. The summed E-state index contributed by atoms with van der Waals surface area (Å²) in [5.41, 5.74) is 0.996. The molecule has 4 heteroatoms. The number of rotatable bonds is 2. The molecule has 0 aromatic heterocycles. The third-order valence-corrected chi connectivity index (χ3v) is 3.86. The van der Waals surface area contributed by atoms with Crippen molar-refractivity contribution in [3.8, 4) is 0 Å². The third kappa shape index (κ3) is 2.89. The van der Waals surface area contributed by atoms with Gasteiger partial charge in [-0.15, -0.1) is 0 Å². The van der Waals surface area contributed by atoms with E-state index in [-0.39, 0.29) is 18.2 Å². The SMILES string of the molecule is O=C(OCc1ccccc1)N1O[C@@H]2CCC[C@H]1CC2. The fourth-order valence-corrected chi connectivity index (χ4v) is 2.81. The van der Waals surface area contributed by atoms with Crippen molar-refractivity contribution in [2.24, 2.45) is 0 Å². The Kier molecular flexibility index (Phi) is 3.69. The van der Waals surface area contributed by atoms with Gasteiger partial charge in [0, 0.05) is 0 Å². The number of nitrogens with zero attached hydrogens (tertiary/aromatic N) is 1. The highest BCUT2D eigenvalue weighted by atomic mass is 16.7. The number of carbonyl (C=O) groups is 1. The average Bonchev–Trinajstić information content (AvgIpc) is 2.81. The minimum Gasteiger partial charge on any atom is -0.443 e. The maximum Gasteiger partial charge on any atom is 0.434 e. The number of fused-ring (bicyclic) bond motifs is 4. The molecule has 0 unspecified atom stereocenters. The molecule has 1 aromatic rings. The Hall–Kier alpha value is -1.55. The van der Waals surface area contributed by atoms with E-state index >= 15 is 0 Å². The molecular formula is C15H19NO3. The van der Waals surface area contributed by atoms with Gasteiger partial charge in [-0.2, -0.15) is 5.06 Å². The van der Waals surface area contributed by atoms with Gasteiger partial charge in [0.15, 0.2) is 0 Å². The molecule has 3 aliphatic rings. The van der Waals surface area contributed by atoms with Crippen LogP contribution in [0.5, 0.6) is 0 Å². The maximum atomic E-state index is 12.1. The lowest BCUT2D eigenvalue weighted by molar-refractivity contribution is -0.215. The van der Waals surface area contributed by atoms with Crippen molar-refractivity contribution in [2.75, 3.05) is 0 Å². The van der Waals surface area contributed by atoms with E-state index < -0.39 is 0 Å². The summed E-state index contributed by atoms with van der Waals surface area (Å²) < 4.78 is 5.34. The normalized spacial score (nSPS) is 26.0.